The number of carbonyl (C=O) groups is 4. The summed E-state index contributed by atoms with van der Waals surface area (Å²) in [7, 11) is 0. The summed E-state index contributed by atoms with van der Waals surface area (Å²) in [6.45, 7) is 1.11. The average molecular weight is 380 g/mol. The molecule has 0 fully saturated rings. The molecule has 0 spiro atoms. The van der Waals surface area contributed by atoms with Gasteiger partial charge in [0.2, 0.25) is 5.91 Å². The van der Waals surface area contributed by atoms with Crippen LogP contribution in [0.4, 0.5) is 5.69 Å². The molecule has 138 valence electrons. The van der Waals surface area contributed by atoms with Crippen LogP contribution in [0.2, 0.25) is 0 Å². The van der Waals surface area contributed by atoms with E-state index in [0.717, 1.165) is 13.0 Å². The van der Waals surface area contributed by atoms with Gasteiger partial charge in [-0.2, -0.15) is 0 Å². The normalized spacial score (nSPS) is 19.2. The molecule has 0 radical (unpaired) electrons. The highest BCUT2D eigenvalue weighted by atomic mass is 35.5. The van der Waals surface area contributed by atoms with Crippen LogP contribution >= 0.6 is 11.6 Å². The molecule has 8 nitrogen and oxygen atoms in total. The first-order valence-electron chi connectivity index (χ1n) is 7.59. The summed E-state index contributed by atoms with van der Waals surface area (Å²) in [6, 6.07) is 3.56. The van der Waals surface area contributed by atoms with Gasteiger partial charge in [-0.1, -0.05) is 17.7 Å². The number of hydrogen-bond acceptors (Lipinski definition) is 7. The van der Waals surface area contributed by atoms with Crippen molar-refractivity contribution in [3.63, 3.8) is 0 Å². The third kappa shape index (κ3) is 4.60. The van der Waals surface area contributed by atoms with E-state index in [-0.39, 0.29) is 24.3 Å². The maximum absolute atomic E-state index is 12.4. The van der Waals surface area contributed by atoms with E-state index in [1.165, 1.54) is 18.2 Å². The number of ether oxygens (including phenoxy) is 1. The topological polar surface area (TPSA) is 136 Å². The molecule has 2 atom stereocenters. The number of carboxylic acids is 2. The number of benzene rings is 1. The molecule has 0 aromatic heterocycles. The number of rotatable bonds is 5. The molecule has 2 rings (SSSR count). The van der Waals surface area contributed by atoms with Gasteiger partial charge in [0, 0.05) is 35.1 Å². The van der Waals surface area contributed by atoms with Crippen molar-refractivity contribution < 1.29 is 34.1 Å². The molecule has 0 aliphatic heterocycles. The van der Waals surface area contributed by atoms with Crippen molar-refractivity contribution in [1.29, 1.82) is 0 Å². The van der Waals surface area contributed by atoms with Crippen LogP contribution in [0.15, 0.2) is 29.3 Å². The Kier molecular flexibility index (Phi) is 5.99. The molecule has 1 aromatic rings. The lowest BCUT2D eigenvalue weighted by molar-refractivity contribution is -0.313. The lowest BCUT2D eigenvalue weighted by Gasteiger charge is -2.29. The quantitative estimate of drug-likeness (QED) is 0.553. The minimum Gasteiger partial charge on any atom is -0.550 e. The maximum Gasteiger partial charge on any atom is 0.308 e. The van der Waals surface area contributed by atoms with E-state index in [1.807, 2.05) is 0 Å². The molecule has 26 heavy (non-hydrogen) atoms. The highest BCUT2D eigenvalue weighted by molar-refractivity contribution is 6.29. The summed E-state index contributed by atoms with van der Waals surface area (Å²) in [5, 5.41) is 25.2. The first-order chi connectivity index (χ1) is 12.2. The van der Waals surface area contributed by atoms with Gasteiger partial charge in [-0.05, 0) is 31.0 Å². The number of esters is 1. The molecule has 0 heterocycles. The fourth-order valence-electron chi connectivity index (χ4n) is 2.64. The van der Waals surface area contributed by atoms with E-state index >= 15 is 0 Å². The summed E-state index contributed by atoms with van der Waals surface area (Å²) in [5.41, 5.74) is -0.358. The standard InChI is InChI=1S/C17H16ClNO7/c1-8(20)26-14-5-3-10(7-13(14)17(24)25)19-15(21)12-6-9(18)2-4-11(12)16(22)23/h2-3,5,7,11-12H,4,6H2,1H3,(H,19,21)(H,22,23)(H,24,25)/p-2/t11-,12+/m1/s1. The second kappa shape index (κ2) is 8.01. The summed E-state index contributed by atoms with van der Waals surface area (Å²) in [6.07, 6.45) is 1.62. The summed E-state index contributed by atoms with van der Waals surface area (Å²) < 4.78 is 4.76. The van der Waals surface area contributed by atoms with Crippen LogP contribution in [0.25, 0.3) is 0 Å². The monoisotopic (exact) mass is 379 g/mol. The van der Waals surface area contributed by atoms with Gasteiger partial charge in [-0.25, -0.2) is 0 Å². The minimum absolute atomic E-state index is 0.0326. The zero-order valence-corrected chi connectivity index (χ0v) is 14.4. The van der Waals surface area contributed by atoms with Crippen LogP contribution in [0.5, 0.6) is 5.75 Å². The van der Waals surface area contributed by atoms with Gasteiger partial charge in [-0.15, -0.1) is 0 Å². The fraction of sp³-hybridized carbons (Fsp3) is 0.294. The summed E-state index contributed by atoms with van der Waals surface area (Å²) in [5.74, 6) is -6.57. The fourth-order valence-corrected chi connectivity index (χ4v) is 2.89. The Morgan fingerprint density at radius 2 is 1.88 bits per heavy atom. The number of nitrogens with one attached hydrogen (secondary N) is 1. The summed E-state index contributed by atoms with van der Waals surface area (Å²) in [4.78, 5) is 45.9. The molecule has 1 N–H and O–H groups in total. The van der Waals surface area contributed by atoms with Crippen molar-refractivity contribution in [2.75, 3.05) is 5.32 Å². The Labute approximate surface area is 153 Å². The largest absolute Gasteiger partial charge is 0.550 e. The molecular formula is C17H14ClNO7-2. The van der Waals surface area contributed by atoms with Gasteiger partial charge in [0.1, 0.15) is 5.75 Å². The number of hydrogen-bond donors (Lipinski definition) is 1. The second-order valence-corrected chi connectivity index (χ2v) is 6.19. The molecule has 0 saturated heterocycles. The number of amides is 1. The maximum atomic E-state index is 12.4. The Morgan fingerprint density at radius 3 is 2.46 bits per heavy atom. The van der Waals surface area contributed by atoms with Crippen molar-refractivity contribution in [3.8, 4) is 5.75 Å². The number of carbonyl (C=O) groups excluding carboxylic acids is 4. The van der Waals surface area contributed by atoms with E-state index < -0.39 is 41.2 Å². The number of aromatic carboxylic acids is 1. The molecular weight excluding hydrogens is 366 g/mol. The third-order valence-corrected chi connectivity index (χ3v) is 4.16. The first-order valence-corrected chi connectivity index (χ1v) is 7.97. The van der Waals surface area contributed by atoms with E-state index in [0.29, 0.717) is 5.03 Å². The van der Waals surface area contributed by atoms with Crippen LogP contribution in [0.1, 0.15) is 30.1 Å². The van der Waals surface area contributed by atoms with E-state index in [4.69, 9.17) is 16.3 Å². The van der Waals surface area contributed by atoms with Gasteiger partial charge in [0.15, 0.2) is 0 Å². The lowest BCUT2D eigenvalue weighted by atomic mass is 9.82. The van der Waals surface area contributed by atoms with Gasteiger partial charge in [0.05, 0.1) is 11.9 Å². The first kappa shape index (κ1) is 19.5. The average Bonchev–Trinajstić information content (AvgIpc) is 2.55. The Bertz CT molecular complexity index is 802. The Balaban J connectivity index is 2.24. The van der Waals surface area contributed by atoms with Crippen molar-refractivity contribution in [1.82, 2.24) is 0 Å². The van der Waals surface area contributed by atoms with Gasteiger partial charge >= 0.3 is 5.97 Å². The van der Waals surface area contributed by atoms with Crippen LogP contribution in [-0.4, -0.2) is 23.8 Å². The number of halogens is 1. The molecule has 9 heteroatoms. The number of allylic oxidation sites excluding steroid dienone is 2. The molecule has 1 aliphatic rings. The van der Waals surface area contributed by atoms with E-state index in [9.17, 15) is 29.4 Å². The predicted molar refractivity (Wildman–Crippen MR) is 85.9 cm³/mol. The molecule has 1 aromatic carbocycles. The van der Waals surface area contributed by atoms with Crippen LogP contribution in [0.3, 0.4) is 0 Å². The minimum atomic E-state index is -1.60. The van der Waals surface area contributed by atoms with Crippen LogP contribution < -0.4 is 20.3 Å². The number of aliphatic carboxylic acids is 1. The Morgan fingerprint density at radius 1 is 1.19 bits per heavy atom. The highest BCUT2D eigenvalue weighted by Gasteiger charge is 2.32. The van der Waals surface area contributed by atoms with Gasteiger partial charge < -0.3 is 29.9 Å². The zero-order valence-electron chi connectivity index (χ0n) is 13.6. The summed E-state index contributed by atoms with van der Waals surface area (Å²) >= 11 is 5.90. The van der Waals surface area contributed by atoms with Gasteiger partial charge in [-0.3, -0.25) is 9.59 Å². The van der Waals surface area contributed by atoms with Crippen molar-refractivity contribution in [3.05, 3.63) is 34.9 Å². The smallest absolute Gasteiger partial charge is 0.308 e. The van der Waals surface area contributed by atoms with E-state index in [1.54, 1.807) is 0 Å². The second-order valence-electron chi connectivity index (χ2n) is 5.70. The van der Waals surface area contributed by atoms with Crippen molar-refractivity contribution in [2.24, 2.45) is 11.8 Å². The highest BCUT2D eigenvalue weighted by Crippen LogP contribution is 2.32. The number of carboxylic acid groups (broad SMARTS) is 2. The predicted octanol–water partition coefficient (Wildman–Crippen LogP) is -0.187. The molecule has 1 aliphatic carbocycles. The molecule has 0 saturated carbocycles. The van der Waals surface area contributed by atoms with E-state index in [2.05, 4.69) is 5.32 Å². The Hall–Kier alpha value is -2.87. The lowest BCUT2D eigenvalue weighted by Crippen LogP contribution is -2.42. The van der Waals surface area contributed by atoms with Crippen molar-refractivity contribution in [2.45, 2.75) is 19.8 Å². The third-order valence-electron chi connectivity index (χ3n) is 3.85. The van der Waals surface area contributed by atoms with Gasteiger partial charge in [0.25, 0.3) is 0 Å². The van der Waals surface area contributed by atoms with Crippen molar-refractivity contribution >= 4 is 41.1 Å². The SMILES string of the molecule is CC(=O)Oc1ccc(NC(=O)[C@H]2CC(Cl)=CC[C@H]2C(=O)[O-])cc1C(=O)[O-]. The molecule has 0 bridgehead atoms. The molecule has 0 unspecified atom stereocenters. The molecule has 1 amide bonds. The zero-order chi connectivity index (χ0) is 19.4. The number of anilines is 1. The van der Waals surface area contributed by atoms with Crippen LogP contribution in [0, 0.1) is 11.8 Å². The van der Waals surface area contributed by atoms with Crippen LogP contribution in [-0.2, 0) is 14.4 Å².